The standard InChI is InChI=1S/C13H23NO/c1-2-3-4-8-11-13(15)14-12-9-6-5-7-10-12/h8,11-12H,2-7,9-10H2,1H3,(H,14,15)/b11-8+. The Morgan fingerprint density at radius 2 is 2.07 bits per heavy atom. The number of amides is 1. The highest BCUT2D eigenvalue weighted by atomic mass is 16.1. The second kappa shape index (κ2) is 7.49. The predicted octanol–water partition coefficient (Wildman–Crippen LogP) is 3.18. The first-order valence-corrected chi connectivity index (χ1v) is 6.30. The monoisotopic (exact) mass is 209 g/mol. The van der Waals surface area contributed by atoms with E-state index >= 15 is 0 Å². The maximum Gasteiger partial charge on any atom is 0.243 e. The number of hydrogen-bond acceptors (Lipinski definition) is 1. The summed E-state index contributed by atoms with van der Waals surface area (Å²) in [5.41, 5.74) is 0. The maximum absolute atomic E-state index is 11.5. The molecule has 1 amide bonds. The lowest BCUT2D eigenvalue weighted by molar-refractivity contribution is -0.117. The van der Waals surface area contributed by atoms with Gasteiger partial charge in [-0.1, -0.05) is 45.1 Å². The van der Waals surface area contributed by atoms with Gasteiger partial charge in [0.2, 0.25) is 5.91 Å². The molecule has 1 saturated carbocycles. The molecule has 15 heavy (non-hydrogen) atoms. The number of carbonyl (C=O) groups is 1. The van der Waals surface area contributed by atoms with E-state index in [1.807, 2.05) is 6.08 Å². The van der Waals surface area contributed by atoms with Crippen molar-refractivity contribution in [1.29, 1.82) is 0 Å². The summed E-state index contributed by atoms with van der Waals surface area (Å²) in [4.78, 5) is 11.5. The van der Waals surface area contributed by atoms with Gasteiger partial charge >= 0.3 is 0 Å². The molecule has 0 aliphatic heterocycles. The van der Waals surface area contributed by atoms with Crippen LogP contribution in [-0.4, -0.2) is 11.9 Å². The van der Waals surface area contributed by atoms with E-state index in [0.29, 0.717) is 6.04 Å². The second-order valence-corrected chi connectivity index (χ2v) is 4.39. The zero-order valence-electron chi connectivity index (χ0n) is 9.80. The number of rotatable bonds is 5. The summed E-state index contributed by atoms with van der Waals surface area (Å²) in [6.45, 7) is 2.16. The van der Waals surface area contributed by atoms with Crippen molar-refractivity contribution in [3.63, 3.8) is 0 Å². The van der Waals surface area contributed by atoms with E-state index in [0.717, 1.165) is 19.3 Å². The molecule has 0 bridgehead atoms. The summed E-state index contributed by atoms with van der Waals surface area (Å²) in [5, 5.41) is 3.07. The molecule has 1 fully saturated rings. The van der Waals surface area contributed by atoms with Crippen LogP contribution in [0.15, 0.2) is 12.2 Å². The van der Waals surface area contributed by atoms with Gasteiger partial charge in [0, 0.05) is 6.04 Å². The smallest absolute Gasteiger partial charge is 0.243 e. The molecule has 0 radical (unpaired) electrons. The van der Waals surface area contributed by atoms with Gasteiger partial charge in [-0.2, -0.15) is 0 Å². The summed E-state index contributed by atoms with van der Waals surface area (Å²) in [7, 11) is 0. The van der Waals surface area contributed by atoms with E-state index in [2.05, 4.69) is 12.2 Å². The number of nitrogens with one attached hydrogen (secondary N) is 1. The Bertz CT molecular complexity index is 205. The van der Waals surface area contributed by atoms with E-state index in [1.54, 1.807) is 6.08 Å². The number of hydrogen-bond donors (Lipinski definition) is 1. The van der Waals surface area contributed by atoms with Crippen LogP contribution < -0.4 is 5.32 Å². The van der Waals surface area contributed by atoms with Gasteiger partial charge in [-0.3, -0.25) is 4.79 Å². The number of unbranched alkanes of at least 4 members (excludes halogenated alkanes) is 2. The van der Waals surface area contributed by atoms with Gasteiger partial charge in [-0.15, -0.1) is 0 Å². The first-order valence-electron chi connectivity index (χ1n) is 6.30. The van der Waals surface area contributed by atoms with Crippen LogP contribution in [0.2, 0.25) is 0 Å². The summed E-state index contributed by atoms with van der Waals surface area (Å²) >= 11 is 0. The van der Waals surface area contributed by atoms with Crippen LogP contribution in [0.1, 0.15) is 58.3 Å². The van der Waals surface area contributed by atoms with Crippen molar-refractivity contribution in [2.75, 3.05) is 0 Å². The molecule has 1 rings (SSSR count). The molecule has 0 unspecified atom stereocenters. The van der Waals surface area contributed by atoms with Gasteiger partial charge in [0.15, 0.2) is 0 Å². The average molecular weight is 209 g/mol. The molecule has 86 valence electrons. The van der Waals surface area contributed by atoms with Crippen molar-refractivity contribution in [2.45, 2.75) is 64.3 Å². The molecule has 0 spiro atoms. The van der Waals surface area contributed by atoms with Crippen molar-refractivity contribution in [1.82, 2.24) is 5.32 Å². The van der Waals surface area contributed by atoms with Crippen molar-refractivity contribution in [3.05, 3.63) is 12.2 Å². The minimum absolute atomic E-state index is 0.0954. The molecule has 0 aromatic heterocycles. The topological polar surface area (TPSA) is 29.1 Å². The van der Waals surface area contributed by atoms with E-state index in [4.69, 9.17) is 0 Å². The highest BCUT2D eigenvalue weighted by molar-refractivity contribution is 5.87. The van der Waals surface area contributed by atoms with Gasteiger partial charge in [0.05, 0.1) is 0 Å². The van der Waals surface area contributed by atoms with Crippen LogP contribution in [-0.2, 0) is 4.79 Å². The first-order chi connectivity index (χ1) is 7.33. The molecule has 0 heterocycles. The third-order valence-electron chi connectivity index (χ3n) is 2.95. The van der Waals surface area contributed by atoms with Crippen LogP contribution in [0.25, 0.3) is 0 Å². The van der Waals surface area contributed by atoms with Gasteiger partial charge in [-0.05, 0) is 25.3 Å². The van der Waals surface area contributed by atoms with Crippen LogP contribution in [0.3, 0.4) is 0 Å². The predicted molar refractivity (Wildman–Crippen MR) is 63.7 cm³/mol. The zero-order chi connectivity index (χ0) is 10.9. The van der Waals surface area contributed by atoms with E-state index < -0.39 is 0 Å². The molecule has 0 aromatic rings. The largest absolute Gasteiger partial charge is 0.350 e. The fourth-order valence-corrected chi connectivity index (χ4v) is 2.01. The lowest BCUT2D eigenvalue weighted by atomic mass is 9.95. The Morgan fingerprint density at radius 3 is 2.73 bits per heavy atom. The molecular formula is C13H23NO. The summed E-state index contributed by atoms with van der Waals surface area (Å²) in [5.74, 6) is 0.0954. The minimum atomic E-state index is 0.0954. The summed E-state index contributed by atoms with van der Waals surface area (Å²) < 4.78 is 0. The van der Waals surface area contributed by atoms with Crippen LogP contribution in [0.5, 0.6) is 0 Å². The molecule has 0 atom stereocenters. The van der Waals surface area contributed by atoms with Crippen LogP contribution >= 0.6 is 0 Å². The van der Waals surface area contributed by atoms with Crippen LogP contribution in [0, 0.1) is 0 Å². The zero-order valence-corrected chi connectivity index (χ0v) is 9.80. The lowest BCUT2D eigenvalue weighted by Gasteiger charge is -2.21. The highest BCUT2D eigenvalue weighted by Crippen LogP contribution is 2.17. The fraction of sp³-hybridized carbons (Fsp3) is 0.769. The Morgan fingerprint density at radius 1 is 1.33 bits per heavy atom. The van der Waals surface area contributed by atoms with Crippen molar-refractivity contribution < 1.29 is 4.79 Å². The number of carbonyl (C=O) groups excluding carboxylic acids is 1. The second-order valence-electron chi connectivity index (χ2n) is 4.39. The Kier molecular flexibility index (Phi) is 6.14. The van der Waals surface area contributed by atoms with Crippen molar-refractivity contribution >= 4 is 5.91 Å². The molecule has 2 heteroatoms. The van der Waals surface area contributed by atoms with Crippen molar-refractivity contribution in [2.24, 2.45) is 0 Å². The summed E-state index contributed by atoms with van der Waals surface area (Å²) in [6, 6.07) is 0.432. The third-order valence-corrected chi connectivity index (χ3v) is 2.95. The average Bonchev–Trinajstić information content (AvgIpc) is 2.26. The van der Waals surface area contributed by atoms with Gasteiger partial charge < -0.3 is 5.32 Å². The minimum Gasteiger partial charge on any atom is -0.350 e. The van der Waals surface area contributed by atoms with E-state index in [-0.39, 0.29) is 5.91 Å². The van der Waals surface area contributed by atoms with Gasteiger partial charge in [0.1, 0.15) is 0 Å². The Labute approximate surface area is 93.1 Å². The third kappa shape index (κ3) is 5.60. The molecule has 1 N–H and O–H groups in total. The molecular weight excluding hydrogens is 186 g/mol. The quantitative estimate of drug-likeness (QED) is 0.547. The Balaban J connectivity index is 2.13. The molecule has 0 saturated heterocycles. The molecule has 1 aliphatic carbocycles. The Hall–Kier alpha value is -0.790. The van der Waals surface area contributed by atoms with Crippen LogP contribution in [0.4, 0.5) is 0 Å². The van der Waals surface area contributed by atoms with Gasteiger partial charge in [-0.25, -0.2) is 0 Å². The lowest BCUT2D eigenvalue weighted by Crippen LogP contribution is -2.34. The van der Waals surface area contributed by atoms with Gasteiger partial charge in [0.25, 0.3) is 0 Å². The van der Waals surface area contributed by atoms with E-state index in [9.17, 15) is 4.79 Å². The van der Waals surface area contributed by atoms with E-state index in [1.165, 1.54) is 32.1 Å². The van der Waals surface area contributed by atoms with Crippen molar-refractivity contribution in [3.8, 4) is 0 Å². The molecule has 1 aliphatic rings. The highest BCUT2D eigenvalue weighted by Gasteiger charge is 2.13. The molecule has 2 nitrogen and oxygen atoms in total. The fourth-order valence-electron chi connectivity index (χ4n) is 2.01. The number of allylic oxidation sites excluding steroid dienone is 1. The molecule has 0 aromatic carbocycles. The SMILES string of the molecule is CCCC/C=C/C(=O)NC1CCCCC1. The normalized spacial score (nSPS) is 18.2. The maximum atomic E-state index is 11.5. The first kappa shape index (κ1) is 12.3. The summed E-state index contributed by atoms with van der Waals surface area (Å²) in [6.07, 6.45) is 13.3.